The van der Waals surface area contributed by atoms with Gasteiger partial charge in [0.25, 0.3) is 0 Å². The first kappa shape index (κ1) is 15.4. The van der Waals surface area contributed by atoms with E-state index in [1.165, 1.54) is 11.3 Å². The minimum absolute atomic E-state index is 0.351. The molecule has 1 aromatic carbocycles. The van der Waals surface area contributed by atoms with Crippen LogP contribution in [0.4, 0.5) is 10.8 Å². The standard InChI is InChI=1S/C15H17N5O2S/c1-11-17-18-15(23-11)16-13(21)14(22)20-9-7-19(8-10-20)12-5-3-2-4-6-12/h2-6H,7-10H2,1H3,(H,16,18,21). The Morgan fingerprint density at radius 3 is 2.39 bits per heavy atom. The molecule has 2 aromatic rings. The molecule has 1 N–H and O–H groups in total. The van der Waals surface area contributed by atoms with Crippen LogP contribution in [0.3, 0.4) is 0 Å². The molecule has 23 heavy (non-hydrogen) atoms. The van der Waals surface area contributed by atoms with Gasteiger partial charge in [-0.15, -0.1) is 10.2 Å². The quantitative estimate of drug-likeness (QED) is 0.835. The molecule has 0 aliphatic carbocycles. The zero-order valence-corrected chi connectivity index (χ0v) is 13.5. The molecule has 1 aliphatic rings. The predicted octanol–water partition coefficient (Wildman–Crippen LogP) is 1.13. The van der Waals surface area contributed by atoms with Crippen LogP contribution in [0.25, 0.3) is 0 Å². The van der Waals surface area contributed by atoms with Crippen molar-refractivity contribution in [3.05, 3.63) is 35.3 Å². The maximum absolute atomic E-state index is 12.2. The molecule has 0 spiro atoms. The van der Waals surface area contributed by atoms with Crippen LogP contribution in [-0.2, 0) is 9.59 Å². The van der Waals surface area contributed by atoms with Crippen LogP contribution in [0, 0.1) is 6.92 Å². The minimum atomic E-state index is -0.658. The summed E-state index contributed by atoms with van der Waals surface area (Å²) in [4.78, 5) is 28.0. The van der Waals surface area contributed by atoms with Gasteiger partial charge in [0.1, 0.15) is 5.01 Å². The minimum Gasteiger partial charge on any atom is -0.368 e. The van der Waals surface area contributed by atoms with E-state index >= 15 is 0 Å². The number of para-hydroxylation sites is 1. The maximum atomic E-state index is 12.2. The van der Waals surface area contributed by atoms with Gasteiger partial charge in [0.15, 0.2) is 0 Å². The SMILES string of the molecule is Cc1nnc(NC(=O)C(=O)N2CCN(c3ccccc3)CC2)s1. The number of aryl methyl sites for hydroxylation is 1. The van der Waals surface area contributed by atoms with Crippen LogP contribution < -0.4 is 10.2 Å². The van der Waals surface area contributed by atoms with Crippen molar-refractivity contribution in [3.63, 3.8) is 0 Å². The number of amides is 2. The van der Waals surface area contributed by atoms with E-state index in [2.05, 4.69) is 20.4 Å². The van der Waals surface area contributed by atoms with E-state index in [1.807, 2.05) is 30.3 Å². The largest absolute Gasteiger partial charge is 0.368 e. The average Bonchev–Trinajstić information content (AvgIpc) is 3.00. The summed E-state index contributed by atoms with van der Waals surface area (Å²) < 4.78 is 0. The first-order valence-corrected chi connectivity index (χ1v) is 8.15. The Bertz CT molecular complexity index is 695. The molecule has 120 valence electrons. The van der Waals surface area contributed by atoms with Gasteiger partial charge in [0, 0.05) is 31.9 Å². The number of carbonyl (C=O) groups excluding carboxylic acids is 2. The topological polar surface area (TPSA) is 78.4 Å². The van der Waals surface area contributed by atoms with Crippen molar-refractivity contribution in [3.8, 4) is 0 Å². The van der Waals surface area contributed by atoms with Gasteiger partial charge in [0.05, 0.1) is 0 Å². The number of hydrogen-bond donors (Lipinski definition) is 1. The highest BCUT2D eigenvalue weighted by Gasteiger charge is 2.26. The summed E-state index contributed by atoms with van der Waals surface area (Å²) in [5.74, 6) is -1.18. The molecule has 0 radical (unpaired) electrons. The summed E-state index contributed by atoms with van der Waals surface area (Å²) in [5.41, 5.74) is 1.13. The van der Waals surface area contributed by atoms with Gasteiger partial charge in [-0.2, -0.15) is 0 Å². The van der Waals surface area contributed by atoms with Crippen LogP contribution in [0.5, 0.6) is 0 Å². The van der Waals surface area contributed by atoms with Gasteiger partial charge in [0.2, 0.25) is 5.13 Å². The number of carbonyl (C=O) groups is 2. The second-order valence-electron chi connectivity index (χ2n) is 5.20. The van der Waals surface area contributed by atoms with E-state index < -0.39 is 11.8 Å². The van der Waals surface area contributed by atoms with Crippen molar-refractivity contribution in [2.45, 2.75) is 6.92 Å². The Labute approximate surface area is 137 Å². The van der Waals surface area contributed by atoms with Crippen molar-refractivity contribution in [1.82, 2.24) is 15.1 Å². The lowest BCUT2D eigenvalue weighted by Crippen LogP contribution is -2.51. The fraction of sp³-hybridized carbons (Fsp3) is 0.333. The number of piperazine rings is 1. The van der Waals surface area contributed by atoms with Crippen LogP contribution >= 0.6 is 11.3 Å². The lowest BCUT2D eigenvalue weighted by Gasteiger charge is -2.35. The molecule has 1 saturated heterocycles. The summed E-state index contributed by atoms with van der Waals surface area (Å²) in [7, 11) is 0. The molecule has 8 heteroatoms. The molecule has 0 atom stereocenters. The average molecular weight is 331 g/mol. The van der Waals surface area contributed by atoms with E-state index in [0.717, 1.165) is 10.7 Å². The van der Waals surface area contributed by atoms with Gasteiger partial charge in [-0.3, -0.25) is 14.9 Å². The molecule has 7 nitrogen and oxygen atoms in total. The van der Waals surface area contributed by atoms with E-state index in [0.29, 0.717) is 31.3 Å². The first-order valence-electron chi connectivity index (χ1n) is 7.34. The fourth-order valence-corrected chi connectivity index (χ4v) is 3.03. The van der Waals surface area contributed by atoms with Crippen LogP contribution in [-0.4, -0.2) is 53.1 Å². The second-order valence-corrected chi connectivity index (χ2v) is 6.38. The molecule has 2 heterocycles. The Balaban J connectivity index is 1.54. The Morgan fingerprint density at radius 2 is 1.78 bits per heavy atom. The number of aromatic nitrogens is 2. The first-order chi connectivity index (χ1) is 11.1. The van der Waals surface area contributed by atoms with Crippen molar-refractivity contribution in [1.29, 1.82) is 0 Å². The highest BCUT2D eigenvalue weighted by Crippen LogP contribution is 2.16. The van der Waals surface area contributed by atoms with Gasteiger partial charge in [-0.05, 0) is 19.1 Å². The Hall–Kier alpha value is -2.48. The van der Waals surface area contributed by atoms with Gasteiger partial charge < -0.3 is 9.80 Å². The third-order valence-electron chi connectivity index (χ3n) is 3.63. The highest BCUT2D eigenvalue weighted by atomic mass is 32.1. The molecule has 0 bridgehead atoms. The number of anilines is 2. The summed E-state index contributed by atoms with van der Waals surface area (Å²) in [6.07, 6.45) is 0. The van der Waals surface area contributed by atoms with Gasteiger partial charge >= 0.3 is 11.8 Å². The predicted molar refractivity (Wildman–Crippen MR) is 88.5 cm³/mol. The van der Waals surface area contributed by atoms with Crippen molar-refractivity contribution < 1.29 is 9.59 Å². The van der Waals surface area contributed by atoms with Crippen LogP contribution in [0.2, 0.25) is 0 Å². The van der Waals surface area contributed by atoms with Crippen LogP contribution in [0.15, 0.2) is 30.3 Å². The molecule has 1 aliphatic heterocycles. The monoisotopic (exact) mass is 331 g/mol. The van der Waals surface area contributed by atoms with E-state index in [-0.39, 0.29) is 0 Å². The number of benzene rings is 1. The van der Waals surface area contributed by atoms with Crippen molar-refractivity contribution in [2.24, 2.45) is 0 Å². The number of rotatable bonds is 2. The molecular formula is C15H17N5O2S. The lowest BCUT2D eigenvalue weighted by atomic mass is 10.2. The zero-order chi connectivity index (χ0) is 16.2. The fourth-order valence-electron chi connectivity index (χ4n) is 2.45. The smallest absolute Gasteiger partial charge is 0.315 e. The summed E-state index contributed by atoms with van der Waals surface area (Å²) >= 11 is 1.24. The summed E-state index contributed by atoms with van der Waals surface area (Å²) in [6.45, 7) is 4.26. The van der Waals surface area contributed by atoms with Gasteiger partial charge in [-0.25, -0.2) is 0 Å². The molecule has 3 rings (SSSR count). The third kappa shape index (κ3) is 3.65. The normalized spacial score (nSPS) is 14.7. The molecule has 1 fully saturated rings. The number of nitrogens with zero attached hydrogens (tertiary/aromatic N) is 4. The number of hydrogen-bond acceptors (Lipinski definition) is 6. The molecule has 0 unspecified atom stereocenters. The summed E-state index contributed by atoms with van der Waals surface area (Å²) in [6, 6.07) is 10.0. The van der Waals surface area contributed by atoms with E-state index in [9.17, 15) is 9.59 Å². The molecular weight excluding hydrogens is 314 g/mol. The zero-order valence-electron chi connectivity index (χ0n) is 12.7. The third-order valence-corrected chi connectivity index (χ3v) is 4.38. The van der Waals surface area contributed by atoms with Crippen LogP contribution in [0.1, 0.15) is 5.01 Å². The molecule has 0 saturated carbocycles. The van der Waals surface area contributed by atoms with Crippen molar-refractivity contribution >= 4 is 34.0 Å². The summed E-state index contributed by atoms with van der Waals surface area (Å²) in [5, 5.41) is 11.2. The Kier molecular flexibility index (Phi) is 4.52. The highest BCUT2D eigenvalue weighted by molar-refractivity contribution is 7.15. The maximum Gasteiger partial charge on any atom is 0.315 e. The number of nitrogens with one attached hydrogen (secondary N) is 1. The van der Waals surface area contributed by atoms with Crippen molar-refractivity contribution in [2.75, 3.05) is 36.4 Å². The molecule has 1 aromatic heterocycles. The van der Waals surface area contributed by atoms with Gasteiger partial charge in [-0.1, -0.05) is 29.5 Å². The second kappa shape index (κ2) is 6.74. The lowest BCUT2D eigenvalue weighted by molar-refractivity contribution is -0.143. The van der Waals surface area contributed by atoms with E-state index in [4.69, 9.17) is 0 Å². The molecule has 2 amide bonds. The van der Waals surface area contributed by atoms with E-state index in [1.54, 1.807) is 11.8 Å². The Morgan fingerprint density at radius 1 is 1.09 bits per heavy atom.